The molecule has 6 heteroatoms. The zero-order valence-electron chi connectivity index (χ0n) is 15.4. The van der Waals surface area contributed by atoms with E-state index in [9.17, 15) is 9.59 Å². The quantitative estimate of drug-likeness (QED) is 0.663. The highest BCUT2D eigenvalue weighted by molar-refractivity contribution is 6.04. The molecule has 2 N–H and O–H groups in total. The average Bonchev–Trinajstić information content (AvgIpc) is 2.66. The number of carbonyl (C=O) groups is 2. The van der Waals surface area contributed by atoms with Gasteiger partial charge in [0.25, 0.3) is 5.91 Å². The molecule has 0 saturated carbocycles. The van der Waals surface area contributed by atoms with Gasteiger partial charge in [-0.05, 0) is 56.2 Å². The summed E-state index contributed by atoms with van der Waals surface area (Å²) in [5.41, 5.74) is 4.68. The number of benzene rings is 2. The summed E-state index contributed by atoms with van der Waals surface area (Å²) in [5, 5.41) is 5.95. The predicted octanol–water partition coefficient (Wildman–Crippen LogP) is 4.29. The molecule has 0 bridgehead atoms. The standard InChI is InChI=1S/C21H20N4O2/c1-13-5-4-6-14(2)19(13)25-21-22-11-17(12-23-21)20(27)24-18-9-7-16(8-10-18)15(3)26/h4-12H,1-3H3,(H,24,27)(H,22,23,25). The minimum absolute atomic E-state index is 0.0201. The molecule has 0 fully saturated rings. The molecule has 0 saturated heterocycles. The second-order valence-corrected chi connectivity index (χ2v) is 6.27. The van der Waals surface area contributed by atoms with Gasteiger partial charge in [-0.15, -0.1) is 0 Å². The summed E-state index contributed by atoms with van der Waals surface area (Å²) < 4.78 is 0. The Hall–Kier alpha value is -3.54. The number of anilines is 3. The van der Waals surface area contributed by atoms with Crippen LogP contribution in [0.5, 0.6) is 0 Å². The number of ketones is 1. The highest BCUT2D eigenvalue weighted by atomic mass is 16.1. The van der Waals surface area contributed by atoms with Crippen molar-refractivity contribution in [1.82, 2.24) is 9.97 Å². The minimum Gasteiger partial charge on any atom is -0.324 e. The summed E-state index contributed by atoms with van der Waals surface area (Å²) in [7, 11) is 0. The van der Waals surface area contributed by atoms with Gasteiger partial charge in [-0.3, -0.25) is 9.59 Å². The molecule has 2 aromatic carbocycles. The Balaban J connectivity index is 1.69. The Morgan fingerprint density at radius 3 is 2.00 bits per heavy atom. The second-order valence-electron chi connectivity index (χ2n) is 6.27. The third-order valence-corrected chi connectivity index (χ3v) is 4.18. The maximum Gasteiger partial charge on any atom is 0.258 e. The Kier molecular flexibility index (Phi) is 5.26. The first-order valence-corrected chi connectivity index (χ1v) is 8.51. The number of carbonyl (C=O) groups excluding carboxylic acids is 2. The first-order valence-electron chi connectivity index (χ1n) is 8.51. The van der Waals surface area contributed by atoms with Crippen molar-refractivity contribution in [2.24, 2.45) is 0 Å². The van der Waals surface area contributed by atoms with E-state index in [2.05, 4.69) is 20.6 Å². The maximum atomic E-state index is 12.3. The molecule has 0 aliphatic carbocycles. The summed E-state index contributed by atoms with van der Waals surface area (Å²) in [6.45, 7) is 5.52. The maximum absolute atomic E-state index is 12.3. The number of aromatic nitrogens is 2. The lowest BCUT2D eigenvalue weighted by Gasteiger charge is -2.11. The molecule has 0 spiro atoms. The van der Waals surface area contributed by atoms with Crippen LogP contribution in [-0.4, -0.2) is 21.7 Å². The molecule has 0 atom stereocenters. The molecule has 1 aromatic heterocycles. The zero-order valence-corrected chi connectivity index (χ0v) is 15.4. The highest BCUT2D eigenvalue weighted by Gasteiger charge is 2.09. The van der Waals surface area contributed by atoms with Crippen LogP contribution in [0.3, 0.4) is 0 Å². The number of nitrogens with zero attached hydrogens (tertiary/aromatic N) is 2. The Morgan fingerprint density at radius 2 is 1.44 bits per heavy atom. The van der Waals surface area contributed by atoms with Gasteiger partial charge in [-0.2, -0.15) is 0 Å². The third-order valence-electron chi connectivity index (χ3n) is 4.18. The minimum atomic E-state index is -0.316. The predicted molar refractivity (Wildman–Crippen MR) is 106 cm³/mol. The van der Waals surface area contributed by atoms with E-state index >= 15 is 0 Å². The summed E-state index contributed by atoms with van der Waals surface area (Å²) in [6, 6.07) is 12.7. The lowest BCUT2D eigenvalue weighted by Crippen LogP contribution is -2.13. The molecular formula is C21H20N4O2. The number of amides is 1. The summed E-state index contributed by atoms with van der Waals surface area (Å²) in [5.74, 6) is 0.0900. The molecule has 1 heterocycles. The van der Waals surface area contributed by atoms with Gasteiger partial charge < -0.3 is 10.6 Å². The van der Waals surface area contributed by atoms with Crippen LogP contribution >= 0.6 is 0 Å². The number of hydrogen-bond donors (Lipinski definition) is 2. The van der Waals surface area contributed by atoms with Crippen LogP contribution in [0.4, 0.5) is 17.3 Å². The van der Waals surface area contributed by atoms with Gasteiger partial charge in [0.05, 0.1) is 5.56 Å². The molecule has 6 nitrogen and oxygen atoms in total. The van der Waals surface area contributed by atoms with Crippen molar-refractivity contribution in [2.75, 3.05) is 10.6 Å². The van der Waals surface area contributed by atoms with Crippen LogP contribution in [-0.2, 0) is 0 Å². The van der Waals surface area contributed by atoms with Crippen molar-refractivity contribution in [1.29, 1.82) is 0 Å². The van der Waals surface area contributed by atoms with Crippen molar-refractivity contribution in [2.45, 2.75) is 20.8 Å². The van der Waals surface area contributed by atoms with Crippen LogP contribution in [0, 0.1) is 13.8 Å². The van der Waals surface area contributed by atoms with Crippen molar-refractivity contribution in [3.63, 3.8) is 0 Å². The van der Waals surface area contributed by atoms with Gasteiger partial charge in [0.1, 0.15) is 0 Å². The van der Waals surface area contributed by atoms with E-state index in [0.29, 0.717) is 22.8 Å². The van der Waals surface area contributed by atoms with Gasteiger partial charge >= 0.3 is 0 Å². The fraction of sp³-hybridized carbons (Fsp3) is 0.143. The average molecular weight is 360 g/mol. The third kappa shape index (κ3) is 4.36. The molecule has 0 unspecified atom stereocenters. The normalized spacial score (nSPS) is 10.3. The van der Waals surface area contributed by atoms with Gasteiger partial charge in [0.2, 0.25) is 5.95 Å². The van der Waals surface area contributed by atoms with Crippen molar-refractivity contribution >= 4 is 29.0 Å². The van der Waals surface area contributed by atoms with Crippen LogP contribution < -0.4 is 10.6 Å². The van der Waals surface area contributed by atoms with Crippen LogP contribution in [0.25, 0.3) is 0 Å². The number of nitrogens with one attached hydrogen (secondary N) is 2. The molecule has 1 amide bonds. The first kappa shape index (κ1) is 18.3. The molecule has 0 aliphatic heterocycles. The van der Waals surface area contributed by atoms with E-state index in [1.165, 1.54) is 19.3 Å². The monoisotopic (exact) mass is 360 g/mol. The van der Waals surface area contributed by atoms with E-state index < -0.39 is 0 Å². The number of hydrogen-bond acceptors (Lipinski definition) is 5. The largest absolute Gasteiger partial charge is 0.324 e. The SMILES string of the molecule is CC(=O)c1ccc(NC(=O)c2cnc(Nc3c(C)cccc3C)nc2)cc1. The van der Waals surface area contributed by atoms with E-state index in [-0.39, 0.29) is 11.7 Å². The smallest absolute Gasteiger partial charge is 0.258 e. The first-order chi connectivity index (χ1) is 12.9. The number of rotatable bonds is 5. The van der Waals surface area contributed by atoms with E-state index in [4.69, 9.17) is 0 Å². The zero-order chi connectivity index (χ0) is 19.4. The number of aryl methyl sites for hydroxylation is 2. The lowest BCUT2D eigenvalue weighted by molar-refractivity contribution is 0.101. The molecule has 3 aromatic rings. The van der Waals surface area contributed by atoms with Gasteiger partial charge in [-0.1, -0.05) is 18.2 Å². The number of para-hydroxylation sites is 1. The molecule has 136 valence electrons. The Labute approximate surface area is 157 Å². The van der Waals surface area contributed by atoms with Crippen molar-refractivity contribution < 1.29 is 9.59 Å². The second kappa shape index (κ2) is 7.78. The van der Waals surface area contributed by atoms with Crippen molar-refractivity contribution in [3.8, 4) is 0 Å². The van der Waals surface area contributed by atoms with Crippen LogP contribution in [0.2, 0.25) is 0 Å². The topological polar surface area (TPSA) is 84.0 Å². The number of Topliss-reactive ketones (excluding diaryl/α,β-unsaturated/α-hetero) is 1. The van der Waals surface area contributed by atoms with Crippen LogP contribution in [0.1, 0.15) is 38.8 Å². The summed E-state index contributed by atoms with van der Waals surface area (Å²) in [6.07, 6.45) is 2.95. The fourth-order valence-electron chi connectivity index (χ4n) is 2.62. The van der Waals surface area contributed by atoms with E-state index in [1.54, 1.807) is 24.3 Å². The summed E-state index contributed by atoms with van der Waals surface area (Å²) in [4.78, 5) is 32.1. The van der Waals surface area contributed by atoms with Gasteiger partial charge in [-0.25, -0.2) is 9.97 Å². The lowest BCUT2D eigenvalue weighted by atomic mass is 10.1. The molecular weight excluding hydrogens is 340 g/mol. The Morgan fingerprint density at radius 1 is 0.852 bits per heavy atom. The highest BCUT2D eigenvalue weighted by Crippen LogP contribution is 2.22. The van der Waals surface area contributed by atoms with Crippen molar-refractivity contribution in [3.05, 3.63) is 77.1 Å². The summed E-state index contributed by atoms with van der Waals surface area (Å²) >= 11 is 0. The van der Waals surface area contributed by atoms with E-state index in [1.807, 2.05) is 32.0 Å². The molecule has 0 aliphatic rings. The van der Waals surface area contributed by atoms with E-state index in [0.717, 1.165) is 16.8 Å². The molecule has 3 rings (SSSR count). The Bertz CT molecular complexity index is 960. The fourth-order valence-corrected chi connectivity index (χ4v) is 2.62. The molecule has 0 radical (unpaired) electrons. The van der Waals surface area contributed by atoms with Gasteiger partial charge in [0.15, 0.2) is 5.78 Å². The molecule has 27 heavy (non-hydrogen) atoms. The van der Waals surface area contributed by atoms with Gasteiger partial charge in [0, 0.05) is 29.3 Å². The van der Waals surface area contributed by atoms with Crippen LogP contribution in [0.15, 0.2) is 54.9 Å².